The highest BCUT2D eigenvalue weighted by atomic mass is 16.3. The van der Waals surface area contributed by atoms with E-state index in [9.17, 15) is 4.79 Å². The van der Waals surface area contributed by atoms with Gasteiger partial charge < -0.3 is 9.73 Å². The van der Waals surface area contributed by atoms with Gasteiger partial charge in [0.25, 0.3) is 0 Å². The number of para-hydroxylation sites is 1. The van der Waals surface area contributed by atoms with Crippen molar-refractivity contribution in [2.75, 3.05) is 19.6 Å². The summed E-state index contributed by atoms with van der Waals surface area (Å²) >= 11 is 0. The smallest absolute Gasteiger partial charge is 0.223 e. The second kappa shape index (κ2) is 8.39. The third-order valence-corrected chi connectivity index (χ3v) is 5.31. The molecule has 1 aliphatic heterocycles. The highest BCUT2D eigenvalue weighted by Gasteiger charge is 2.25. The minimum atomic E-state index is 0.128. The van der Waals surface area contributed by atoms with Crippen molar-refractivity contribution in [1.29, 1.82) is 0 Å². The highest BCUT2D eigenvalue weighted by Crippen LogP contribution is 2.19. The fraction of sp³-hybridized carbons (Fsp3) is 0.429. The largest absolute Gasteiger partial charge is 0.468 e. The first kappa shape index (κ1) is 17.8. The van der Waals surface area contributed by atoms with E-state index in [4.69, 9.17) is 4.42 Å². The third kappa shape index (κ3) is 4.39. The van der Waals surface area contributed by atoms with Crippen molar-refractivity contribution < 1.29 is 9.21 Å². The molecule has 1 amide bonds. The lowest BCUT2D eigenvalue weighted by Gasteiger charge is -2.30. The molecular weight excluding hydrogens is 340 g/mol. The molecule has 0 spiro atoms. The van der Waals surface area contributed by atoms with Crippen molar-refractivity contribution >= 4 is 16.8 Å². The normalized spacial score (nSPS) is 16.0. The van der Waals surface area contributed by atoms with Crippen LogP contribution in [0.4, 0.5) is 0 Å². The molecule has 0 atom stereocenters. The Morgan fingerprint density at radius 1 is 1.19 bits per heavy atom. The van der Waals surface area contributed by atoms with E-state index >= 15 is 0 Å². The molecule has 142 valence electrons. The predicted molar refractivity (Wildman–Crippen MR) is 104 cm³/mol. The average molecular weight is 366 g/mol. The van der Waals surface area contributed by atoms with E-state index in [1.807, 2.05) is 35.1 Å². The zero-order valence-corrected chi connectivity index (χ0v) is 15.5. The number of benzene rings is 1. The number of carbonyl (C=O) groups excluding carboxylic acids is 1. The van der Waals surface area contributed by atoms with E-state index in [1.165, 1.54) is 0 Å². The lowest BCUT2D eigenvalue weighted by atomic mass is 9.96. The Morgan fingerprint density at radius 3 is 2.85 bits per heavy atom. The molecule has 0 bridgehead atoms. The van der Waals surface area contributed by atoms with Crippen LogP contribution >= 0.6 is 0 Å². The third-order valence-electron chi connectivity index (χ3n) is 5.31. The molecular formula is C21H26N4O2. The number of piperidine rings is 1. The molecule has 6 heteroatoms. The molecule has 0 unspecified atom stereocenters. The summed E-state index contributed by atoms with van der Waals surface area (Å²) in [5.41, 5.74) is 1.15. The van der Waals surface area contributed by atoms with Crippen molar-refractivity contribution in [2.24, 2.45) is 5.92 Å². The van der Waals surface area contributed by atoms with Gasteiger partial charge in [-0.05, 0) is 50.6 Å². The lowest BCUT2D eigenvalue weighted by molar-refractivity contribution is -0.126. The fourth-order valence-electron chi connectivity index (χ4n) is 3.76. The standard InChI is InChI=1S/C21H26N4O2/c26-21(17-8-12-24(13-9-17)16-19-6-3-14-27-19)22-10-4-11-25-20-7-2-1-5-18(20)15-23-25/h1-3,5-7,14-15,17H,4,8-13,16H2,(H,22,26). The Bertz CT molecular complexity index is 863. The minimum Gasteiger partial charge on any atom is -0.468 e. The Labute approximate surface area is 159 Å². The van der Waals surface area contributed by atoms with Gasteiger partial charge in [0.05, 0.1) is 24.5 Å². The summed E-state index contributed by atoms with van der Waals surface area (Å²) in [6.45, 7) is 4.23. The maximum Gasteiger partial charge on any atom is 0.223 e. The number of aryl methyl sites for hydroxylation is 1. The van der Waals surface area contributed by atoms with E-state index in [0.29, 0.717) is 6.54 Å². The summed E-state index contributed by atoms with van der Waals surface area (Å²) in [5.74, 6) is 1.31. The summed E-state index contributed by atoms with van der Waals surface area (Å²) in [6, 6.07) is 12.1. The van der Waals surface area contributed by atoms with Crippen LogP contribution in [0.1, 0.15) is 25.0 Å². The van der Waals surface area contributed by atoms with Gasteiger partial charge in [0.2, 0.25) is 5.91 Å². The van der Waals surface area contributed by atoms with Gasteiger partial charge in [0.1, 0.15) is 5.76 Å². The van der Waals surface area contributed by atoms with Crippen LogP contribution in [-0.2, 0) is 17.9 Å². The molecule has 0 aliphatic carbocycles. The van der Waals surface area contributed by atoms with Crippen LogP contribution in [0.2, 0.25) is 0 Å². The topological polar surface area (TPSA) is 63.3 Å². The van der Waals surface area contributed by atoms with Crippen LogP contribution in [0.5, 0.6) is 0 Å². The Balaban J connectivity index is 1.17. The summed E-state index contributed by atoms with van der Waals surface area (Å²) in [4.78, 5) is 14.8. The van der Waals surface area contributed by atoms with Crippen LogP contribution in [-0.4, -0.2) is 40.2 Å². The number of carbonyl (C=O) groups is 1. The highest BCUT2D eigenvalue weighted by molar-refractivity contribution is 5.79. The minimum absolute atomic E-state index is 0.128. The maximum absolute atomic E-state index is 12.4. The molecule has 4 rings (SSSR count). The number of fused-ring (bicyclic) bond motifs is 1. The van der Waals surface area contributed by atoms with Crippen molar-refractivity contribution in [3.63, 3.8) is 0 Å². The average Bonchev–Trinajstić information content (AvgIpc) is 3.36. The molecule has 1 aromatic carbocycles. The number of rotatable bonds is 7. The van der Waals surface area contributed by atoms with Crippen LogP contribution in [0.15, 0.2) is 53.3 Å². The van der Waals surface area contributed by atoms with Gasteiger partial charge in [-0.25, -0.2) is 0 Å². The fourth-order valence-corrected chi connectivity index (χ4v) is 3.76. The van der Waals surface area contributed by atoms with Crippen molar-refractivity contribution in [3.05, 3.63) is 54.6 Å². The van der Waals surface area contributed by atoms with E-state index in [1.54, 1.807) is 6.26 Å². The Hall–Kier alpha value is -2.60. The molecule has 27 heavy (non-hydrogen) atoms. The quantitative estimate of drug-likeness (QED) is 0.653. The molecule has 0 saturated carbocycles. The number of hydrogen-bond donors (Lipinski definition) is 1. The van der Waals surface area contributed by atoms with Gasteiger partial charge in [-0.3, -0.25) is 14.4 Å². The lowest BCUT2D eigenvalue weighted by Crippen LogP contribution is -2.40. The SMILES string of the molecule is O=C(NCCCn1ncc2ccccc21)C1CCN(Cc2ccco2)CC1. The number of hydrogen-bond acceptors (Lipinski definition) is 4. The number of aromatic nitrogens is 2. The molecule has 1 saturated heterocycles. The van der Waals surface area contributed by atoms with Crippen LogP contribution in [0, 0.1) is 5.92 Å². The second-order valence-electron chi connectivity index (χ2n) is 7.20. The van der Waals surface area contributed by atoms with Gasteiger partial charge in [-0.15, -0.1) is 0 Å². The number of likely N-dealkylation sites (tertiary alicyclic amines) is 1. The Morgan fingerprint density at radius 2 is 2.04 bits per heavy atom. The molecule has 1 fully saturated rings. The molecule has 1 N–H and O–H groups in total. The number of nitrogens with one attached hydrogen (secondary N) is 1. The van der Waals surface area contributed by atoms with E-state index in [0.717, 1.165) is 62.1 Å². The first-order chi connectivity index (χ1) is 13.3. The van der Waals surface area contributed by atoms with E-state index in [2.05, 4.69) is 27.4 Å². The molecule has 6 nitrogen and oxygen atoms in total. The predicted octanol–water partition coefficient (Wildman–Crippen LogP) is 3.05. The van der Waals surface area contributed by atoms with Crippen molar-refractivity contribution in [2.45, 2.75) is 32.4 Å². The maximum atomic E-state index is 12.4. The van der Waals surface area contributed by atoms with Gasteiger partial charge in [-0.2, -0.15) is 5.10 Å². The van der Waals surface area contributed by atoms with Crippen LogP contribution in [0.25, 0.3) is 10.9 Å². The van der Waals surface area contributed by atoms with Crippen LogP contribution in [0.3, 0.4) is 0 Å². The summed E-state index contributed by atoms with van der Waals surface area (Å²) < 4.78 is 7.41. The molecule has 3 heterocycles. The summed E-state index contributed by atoms with van der Waals surface area (Å²) in [6.07, 6.45) is 6.31. The number of furan rings is 1. The number of nitrogens with zero attached hydrogens (tertiary/aromatic N) is 3. The molecule has 2 aromatic heterocycles. The molecule has 1 aliphatic rings. The first-order valence-corrected chi connectivity index (χ1v) is 9.72. The zero-order valence-electron chi connectivity index (χ0n) is 15.5. The van der Waals surface area contributed by atoms with Gasteiger partial charge in [0, 0.05) is 24.4 Å². The van der Waals surface area contributed by atoms with Crippen molar-refractivity contribution in [1.82, 2.24) is 20.0 Å². The van der Waals surface area contributed by atoms with Gasteiger partial charge in [-0.1, -0.05) is 18.2 Å². The first-order valence-electron chi connectivity index (χ1n) is 9.72. The Kier molecular flexibility index (Phi) is 5.53. The van der Waals surface area contributed by atoms with Gasteiger partial charge in [0.15, 0.2) is 0 Å². The molecule has 3 aromatic rings. The van der Waals surface area contributed by atoms with Crippen LogP contribution < -0.4 is 5.32 Å². The van der Waals surface area contributed by atoms with Gasteiger partial charge >= 0.3 is 0 Å². The monoisotopic (exact) mass is 366 g/mol. The molecule has 0 radical (unpaired) electrons. The van der Waals surface area contributed by atoms with Crippen molar-refractivity contribution in [3.8, 4) is 0 Å². The zero-order chi connectivity index (χ0) is 18.5. The summed E-state index contributed by atoms with van der Waals surface area (Å²) in [7, 11) is 0. The number of amides is 1. The summed E-state index contributed by atoms with van der Waals surface area (Å²) in [5, 5.41) is 8.69. The second-order valence-corrected chi connectivity index (χ2v) is 7.20. The van der Waals surface area contributed by atoms with E-state index in [-0.39, 0.29) is 11.8 Å². The van der Waals surface area contributed by atoms with E-state index < -0.39 is 0 Å².